The number of nitrogens with one attached hydrogen (secondary N) is 1. The topological polar surface area (TPSA) is 34.2 Å². The van der Waals surface area contributed by atoms with E-state index < -0.39 is 0 Å². The monoisotopic (exact) mass is 310 g/mol. The molecule has 1 heterocycles. The lowest BCUT2D eigenvalue weighted by atomic mass is 10.00. The third-order valence-corrected chi connectivity index (χ3v) is 3.74. The van der Waals surface area contributed by atoms with Crippen molar-refractivity contribution in [2.24, 2.45) is 0 Å². The summed E-state index contributed by atoms with van der Waals surface area (Å²) in [6.07, 6.45) is 2.44. The van der Waals surface area contributed by atoms with Crippen molar-refractivity contribution in [3.05, 3.63) is 57.7 Å². The number of nitrogens with zero attached hydrogens (tertiary/aromatic N) is 1. The quantitative estimate of drug-likeness (QED) is 0.909. The van der Waals surface area contributed by atoms with Crippen LogP contribution in [0.5, 0.6) is 5.88 Å². The van der Waals surface area contributed by atoms with E-state index in [9.17, 15) is 0 Å². The van der Waals surface area contributed by atoms with E-state index in [0.717, 1.165) is 17.5 Å². The van der Waals surface area contributed by atoms with Gasteiger partial charge >= 0.3 is 0 Å². The summed E-state index contributed by atoms with van der Waals surface area (Å²) >= 11 is 12.2. The Balaban J connectivity index is 2.29. The van der Waals surface area contributed by atoms with Gasteiger partial charge in [0.15, 0.2) is 0 Å². The fourth-order valence-corrected chi connectivity index (χ4v) is 2.60. The fraction of sp³-hybridized carbons (Fsp3) is 0.267. The number of likely N-dealkylation sites (N-methyl/N-ethyl adjacent to an activating group) is 1. The first-order valence-electron chi connectivity index (χ1n) is 6.25. The highest BCUT2D eigenvalue weighted by Gasteiger charge is 2.17. The number of hydrogen-bond donors (Lipinski definition) is 1. The molecular weight excluding hydrogens is 295 g/mol. The Morgan fingerprint density at radius 3 is 2.75 bits per heavy atom. The van der Waals surface area contributed by atoms with Gasteiger partial charge in [0.25, 0.3) is 0 Å². The highest BCUT2D eigenvalue weighted by molar-refractivity contribution is 6.35. The van der Waals surface area contributed by atoms with Crippen molar-refractivity contribution in [2.75, 3.05) is 14.2 Å². The van der Waals surface area contributed by atoms with E-state index in [0.29, 0.717) is 15.9 Å². The van der Waals surface area contributed by atoms with Gasteiger partial charge in [-0.25, -0.2) is 4.98 Å². The van der Waals surface area contributed by atoms with Crippen molar-refractivity contribution < 1.29 is 4.74 Å². The van der Waals surface area contributed by atoms with Gasteiger partial charge < -0.3 is 10.1 Å². The molecule has 1 aromatic carbocycles. The van der Waals surface area contributed by atoms with Gasteiger partial charge in [0.05, 0.1) is 7.11 Å². The summed E-state index contributed by atoms with van der Waals surface area (Å²) in [5, 5.41) is 4.58. The van der Waals surface area contributed by atoms with Crippen LogP contribution in [0.15, 0.2) is 36.5 Å². The van der Waals surface area contributed by atoms with E-state index in [-0.39, 0.29) is 6.04 Å². The molecule has 1 N–H and O–H groups in total. The summed E-state index contributed by atoms with van der Waals surface area (Å²) in [6, 6.07) is 9.50. The lowest BCUT2D eigenvalue weighted by Gasteiger charge is -2.19. The number of methoxy groups -OCH3 is 1. The molecule has 0 radical (unpaired) electrons. The Hall–Kier alpha value is -1.29. The molecule has 0 amide bonds. The molecule has 0 aliphatic carbocycles. The van der Waals surface area contributed by atoms with Crippen LogP contribution in [-0.4, -0.2) is 19.1 Å². The van der Waals surface area contributed by atoms with Crippen molar-refractivity contribution in [1.29, 1.82) is 0 Å². The predicted molar refractivity (Wildman–Crippen MR) is 82.8 cm³/mol. The number of benzene rings is 1. The van der Waals surface area contributed by atoms with Crippen molar-refractivity contribution in [2.45, 2.75) is 12.5 Å². The highest BCUT2D eigenvalue weighted by atomic mass is 35.5. The third kappa shape index (κ3) is 3.42. The maximum Gasteiger partial charge on any atom is 0.217 e. The Kier molecular flexibility index (Phi) is 5.24. The van der Waals surface area contributed by atoms with Crippen molar-refractivity contribution in [3.63, 3.8) is 0 Å². The second kappa shape index (κ2) is 6.93. The molecule has 2 aromatic rings. The van der Waals surface area contributed by atoms with Crippen LogP contribution in [0.25, 0.3) is 0 Å². The Labute approximate surface area is 128 Å². The van der Waals surface area contributed by atoms with Crippen LogP contribution >= 0.6 is 23.2 Å². The predicted octanol–water partition coefficient (Wildman–Crippen LogP) is 3.90. The van der Waals surface area contributed by atoms with E-state index in [2.05, 4.69) is 10.3 Å². The van der Waals surface area contributed by atoms with Crippen LogP contribution in [-0.2, 0) is 6.42 Å². The second-order valence-electron chi connectivity index (χ2n) is 4.38. The van der Waals surface area contributed by atoms with Crippen molar-refractivity contribution in [1.82, 2.24) is 10.3 Å². The molecule has 1 aromatic heterocycles. The minimum atomic E-state index is 0.0670. The third-order valence-electron chi connectivity index (χ3n) is 3.16. The van der Waals surface area contributed by atoms with Crippen LogP contribution in [0, 0.1) is 0 Å². The summed E-state index contributed by atoms with van der Waals surface area (Å²) in [7, 11) is 3.52. The molecule has 0 spiro atoms. The Morgan fingerprint density at radius 1 is 1.30 bits per heavy atom. The van der Waals surface area contributed by atoms with Crippen molar-refractivity contribution in [3.8, 4) is 5.88 Å². The molecule has 20 heavy (non-hydrogen) atoms. The fourth-order valence-electron chi connectivity index (χ4n) is 2.11. The number of pyridine rings is 1. The van der Waals surface area contributed by atoms with E-state index in [1.165, 1.54) is 0 Å². The molecule has 0 saturated carbocycles. The maximum absolute atomic E-state index is 6.23. The Bertz CT molecular complexity index is 590. The first-order valence-corrected chi connectivity index (χ1v) is 7.01. The molecule has 106 valence electrons. The molecule has 1 atom stereocenters. The Morgan fingerprint density at radius 2 is 2.10 bits per heavy atom. The van der Waals surface area contributed by atoms with Gasteiger partial charge in [-0.3, -0.25) is 0 Å². The van der Waals surface area contributed by atoms with Crippen LogP contribution < -0.4 is 10.1 Å². The first kappa shape index (κ1) is 15.1. The van der Waals surface area contributed by atoms with E-state index in [1.807, 2.05) is 31.3 Å². The van der Waals surface area contributed by atoms with Gasteiger partial charge in [-0.1, -0.05) is 35.3 Å². The molecule has 5 heteroatoms. The number of hydrogen-bond acceptors (Lipinski definition) is 3. The highest BCUT2D eigenvalue weighted by Crippen LogP contribution is 2.29. The largest absolute Gasteiger partial charge is 0.481 e. The number of aromatic nitrogens is 1. The lowest BCUT2D eigenvalue weighted by molar-refractivity contribution is 0.384. The van der Waals surface area contributed by atoms with Gasteiger partial charge in [0, 0.05) is 27.8 Å². The normalized spacial score (nSPS) is 12.2. The first-order chi connectivity index (χ1) is 9.65. The van der Waals surface area contributed by atoms with Gasteiger partial charge in [-0.15, -0.1) is 0 Å². The van der Waals surface area contributed by atoms with Gasteiger partial charge in [-0.05, 0) is 37.2 Å². The maximum atomic E-state index is 6.23. The summed E-state index contributed by atoms with van der Waals surface area (Å²) in [5.41, 5.74) is 2.03. The molecule has 0 fully saturated rings. The van der Waals surface area contributed by atoms with E-state index in [4.69, 9.17) is 27.9 Å². The van der Waals surface area contributed by atoms with Gasteiger partial charge in [-0.2, -0.15) is 0 Å². The molecule has 3 nitrogen and oxygen atoms in total. The summed E-state index contributed by atoms with van der Waals surface area (Å²) in [6.45, 7) is 0. The standard InChI is InChI=1S/C15H16Cl2N2O/c1-18-14(12-4-3-7-19-15(12)20-2)8-10-5-6-11(16)9-13(10)17/h3-7,9,14,18H,8H2,1-2H3. The zero-order valence-electron chi connectivity index (χ0n) is 11.4. The molecular formula is C15H16Cl2N2O. The summed E-state index contributed by atoms with van der Waals surface area (Å²) in [5.74, 6) is 0.622. The zero-order valence-corrected chi connectivity index (χ0v) is 12.9. The van der Waals surface area contributed by atoms with E-state index in [1.54, 1.807) is 19.4 Å². The molecule has 0 saturated heterocycles. The van der Waals surface area contributed by atoms with Crippen LogP contribution in [0.1, 0.15) is 17.2 Å². The zero-order chi connectivity index (χ0) is 14.5. The van der Waals surface area contributed by atoms with Crippen LogP contribution in [0.4, 0.5) is 0 Å². The lowest BCUT2D eigenvalue weighted by Crippen LogP contribution is -2.20. The summed E-state index contributed by atoms with van der Waals surface area (Å²) in [4.78, 5) is 4.23. The van der Waals surface area contributed by atoms with Crippen LogP contribution in [0.2, 0.25) is 10.0 Å². The molecule has 0 aliphatic rings. The minimum Gasteiger partial charge on any atom is -0.481 e. The molecule has 2 rings (SSSR count). The average molecular weight is 311 g/mol. The minimum absolute atomic E-state index is 0.0670. The number of rotatable bonds is 5. The van der Waals surface area contributed by atoms with Crippen molar-refractivity contribution >= 4 is 23.2 Å². The SMILES string of the molecule is CNC(Cc1ccc(Cl)cc1Cl)c1cccnc1OC. The second-order valence-corrected chi connectivity index (χ2v) is 5.23. The smallest absolute Gasteiger partial charge is 0.217 e. The number of ether oxygens (including phenoxy) is 1. The number of halogens is 2. The molecule has 1 unspecified atom stereocenters. The van der Waals surface area contributed by atoms with Gasteiger partial charge in [0.1, 0.15) is 0 Å². The average Bonchev–Trinajstić information content (AvgIpc) is 2.46. The summed E-state index contributed by atoms with van der Waals surface area (Å²) < 4.78 is 5.31. The molecule has 0 bridgehead atoms. The molecule has 0 aliphatic heterocycles. The van der Waals surface area contributed by atoms with E-state index >= 15 is 0 Å². The van der Waals surface area contributed by atoms with Crippen LogP contribution in [0.3, 0.4) is 0 Å². The van der Waals surface area contributed by atoms with Gasteiger partial charge in [0.2, 0.25) is 5.88 Å².